The lowest BCUT2D eigenvalue weighted by Gasteiger charge is -2.25. The zero-order valence-corrected chi connectivity index (χ0v) is 17.8. The lowest BCUT2D eigenvalue weighted by atomic mass is 9.86. The Morgan fingerprint density at radius 1 is 0.733 bits per heavy atom. The van der Waals surface area contributed by atoms with Crippen LogP contribution in [-0.4, -0.2) is 5.91 Å². The zero-order valence-electron chi connectivity index (χ0n) is 17.8. The van der Waals surface area contributed by atoms with E-state index >= 15 is 0 Å². The molecule has 0 radical (unpaired) electrons. The van der Waals surface area contributed by atoms with E-state index in [2.05, 4.69) is 63.2 Å². The van der Waals surface area contributed by atoms with E-state index in [4.69, 9.17) is 0 Å². The highest BCUT2D eigenvalue weighted by atomic mass is 16.2. The summed E-state index contributed by atoms with van der Waals surface area (Å²) in [4.78, 5) is 15.6. The number of hydrogen-bond donors (Lipinski definition) is 0. The Labute approximate surface area is 178 Å². The molecule has 0 saturated carbocycles. The van der Waals surface area contributed by atoms with Crippen molar-refractivity contribution in [1.82, 2.24) is 0 Å². The second kappa shape index (κ2) is 8.16. The third-order valence-corrected chi connectivity index (χ3v) is 5.48. The van der Waals surface area contributed by atoms with Crippen molar-refractivity contribution in [3.63, 3.8) is 0 Å². The van der Waals surface area contributed by atoms with Crippen LogP contribution in [0.15, 0.2) is 97.1 Å². The fourth-order valence-corrected chi connectivity index (χ4v) is 3.74. The minimum atomic E-state index is 0.00988. The van der Waals surface area contributed by atoms with Gasteiger partial charge in [0.2, 0.25) is 0 Å². The van der Waals surface area contributed by atoms with Crippen LogP contribution in [0.3, 0.4) is 0 Å². The molecule has 0 spiro atoms. The van der Waals surface area contributed by atoms with Crippen molar-refractivity contribution in [3.05, 3.63) is 114 Å². The van der Waals surface area contributed by atoms with Crippen molar-refractivity contribution >= 4 is 22.4 Å². The van der Waals surface area contributed by atoms with Gasteiger partial charge in [0.1, 0.15) is 0 Å². The Morgan fingerprint density at radius 2 is 1.37 bits per heavy atom. The minimum absolute atomic E-state index is 0.00988. The predicted molar refractivity (Wildman–Crippen MR) is 126 cm³/mol. The highest BCUT2D eigenvalue weighted by Gasteiger charge is 2.21. The third-order valence-electron chi connectivity index (χ3n) is 5.48. The zero-order chi connectivity index (χ0) is 21.1. The molecule has 0 fully saturated rings. The first kappa shape index (κ1) is 19.9. The van der Waals surface area contributed by atoms with E-state index in [0.717, 1.165) is 22.0 Å². The van der Waals surface area contributed by atoms with E-state index in [1.807, 2.05) is 59.5 Å². The van der Waals surface area contributed by atoms with E-state index in [9.17, 15) is 4.79 Å². The molecule has 0 aliphatic carbocycles. The summed E-state index contributed by atoms with van der Waals surface area (Å²) in [6.45, 7) is 7.07. The van der Waals surface area contributed by atoms with E-state index < -0.39 is 0 Å². The summed E-state index contributed by atoms with van der Waals surface area (Å²) < 4.78 is 0. The van der Waals surface area contributed by atoms with Crippen molar-refractivity contribution in [3.8, 4) is 0 Å². The first-order valence-corrected chi connectivity index (χ1v) is 10.4. The second-order valence-electron chi connectivity index (χ2n) is 8.70. The molecule has 0 bridgehead atoms. The van der Waals surface area contributed by atoms with Gasteiger partial charge in [-0.05, 0) is 40.1 Å². The number of benzene rings is 4. The highest BCUT2D eigenvalue weighted by Crippen LogP contribution is 2.30. The summed E-state index contributed by atoms with van der Waals surface area (Å²) >= 11 is 0. The standard InChI is InChI=1S/C28H27NO/c1-28(2,3)24-18-16-23(17-19-24)27(30)29(20-21-10-5-4-6-11-21)26-15-9-13-22-12-7-8-14-25(22)26/h4-19H,20H2,1-3H3. The number of anilines is 1. The van der Waals surface area contributed by atoms with Gasteiger partial charge in [-0.1, -0.05) is 99.6 Å². The summed E-state index contributed by atoms with van der Waals surface area (Å²) in [5.41, 5.74) is 4.01. The van der Waals surface area contributed by atoms with Gasteiger partial charge in [-0.25, -0.2) is 0 Å². The summed E-state index contributed by atoms with van der Waals surface area (Å²) in [5, 5.41) is 2.21. The van der Waals surface area contributed by atoms with Gasteiger partial charge in [0.25, 0.3) is 5.91 Å². The van der Waals surface area contributed by atoms with Crippen LogP contribution >= 0.6 is 0 Å². The molecule has 150 valence electrons. The van der Waals surface area contributed by atoms with Crippen molar-refractivity contribution in [2.24, 2.45) is 0 Å². The van der Waals surface area contributed by atoms with Crippen molar-refractivity contribution in [2.45, 2.75) is 32.7 Å². The van der Waals surface area contributed by atoms with Crippen molar-refractivity contribution in [2.75, 3.05) is 4.90 Å². The smallest absolute Gasteiger partial charge is 0.258 e. The minimum Gasteiger partial charge on any atom is -0.303 e. The number of rotatable bonds is 4. The van der Waals surface area contributed by atoms with Crippen LogP contribution < -0.4 is 4.90 Å². The van der Waals surface area contributed by atoms with Crippen LogP contribution in [-0.2, 0) is 12.0 Å². The van der Waals surface area contributed by atoms with Gasteiger partial charge in [0, 0.05) is 10.9 Å². The SMILES string of the molecule is CC(C)(C)c1ccc(C(=O)N(Cc2ccccc2)c2cccc3ccccc23)cc1. The van der Waals surface area contributed by atoms with Gasteiger partial charge >= 0.3 is 0 Å². The molecule has 0 heterocycles. The Bertz CT molecular complexity index is 1150. The summed E-state index contributed by atoms with van der Waals surface area (Å²) in [5.74, 6) is 0.00988. The lowest BCUT2D eigenvalue weighted by Crippen LogP contribution is -2.30. The Morgan fingerprint density at radius 3 is 2.07 bits per heavy atom. The monoisotopic (exact) mass is 393 g/mol. The average molecular weight is 394 g/mol. The molecule has 0 aromatic heterocycles. The van der Waals surface area contributed by atoms with Gasteiger partial charge < -0.3 is 4.90 Å². The first-order chi connectivity index (χ1) is 14.4. The number of carbonyl (C=O) groups excluding carboxylic acids is 1. The molecular formula is C28H27NO. The number of nitrogens with zero attached hydrogens (tertiary/aromatic N) is 1. The van der Waals surface area contributed by atoms with E-state index in [0.29, 0.717) is 12.1 Å². The number of hydrogen-bond acceptors (Lipinski definition) is 1. The van der Waals surface area contributed by atoms with Crippen molar-refractivity contribution in [1.29, 1.82) is 0 Å². The summed E-state index contributed by atoms with van der Waals surface area (Å²) in [6.07, 6.45) is 0. The van der Waals surface area contributed by atoms with Crippen LogP contribution in [0.1, 0.15) is 42.3 Å². The van der Waals surface area contributed by atoms with Crippen LogP contribution in [0.2, 0.25) is 0 Å². The second-order valence-corrected chi connectivity index (χ2v) is 8.70. The Balaban J connectivity index is 1.78. The van der Waals surface area contributed by atoms with Gasteiger partial charge in [-0.15, -0.1) is 0 Å². The maximum atomic E-state index is 13.7. The fourth-order valence-electron chi connectivity index (χ4n) is 3.74. The van der Waals surface area contributed by atoms with Crippen LogP contribution in [0.5, 0.6) is 0 Å². The lowest BCUT2D eigenvalue weighted by molar-refractivity contribution is 0.0985. The highest BCUT2D eigenvalue weighted by molar-refractivity contribution is 6.10. The first-order valence-electron chi connectivity index (χ1n) is 10.4. The molecule has 30 heavy (non-hydrogen) atoms. The quantitative estimate of drug-likeness (QED) is 0.366. The number of fused-ring (bicyclic) bond motifs is 1. The third kappa shape index (κ3) is 4.13. The topological polar surface area (TPSA) is 20.3 Å². The molecule has 0 N–H and O–H groups in total. The Hall–Kier alpha value is -3.39. The molecule has 2 heteroatoms. The molecule has 1 amide bonds. The van der Waals surface area contributed by atoms with E-state index in [1.54, 1.807) is 0 Å². The summed E-state index contributed by atoms with van der Waals surface area (Å²) in [6, 6.07) is 32.5. The molecule has 2 nitrogen and oxygen atoms in total. The molecule has 4 rings (SSSR count). The molecule has 0 aliphatic rings. The van der Waals surface area contributed by atoms with Gasteiger partial charge in [0.15, 0.2) is 0 Å². The van der Waals surface area contributed by atoms with Gasteiger partial charge in [0.05, 0.1) is 12.2 Å². The molecule has 0 unspecified atom stereocenters. The molecule has 0 aliphatic heterocycles. The molecule has 4 aromatic carbocycles. The predicted octanol–water partition coefficient (Wildman–Crippen LogP) is 6.98. The fraction of sp³-hybridized carbons (Fsp3) is 0.179. The largest absolute Gasteiger partial charge is 0.303 e. The summed E-state index contributed by atoms with van der Waals surface area (Å²) in [7, 11) is 0. The van der Waals surface area contributed by atoms with Crippen LogP contribution in [0.4, 0.5) is 5.69 Å². The average Bonchev–Trinajstić information content (AvgIpc) is 2.77. The molecular weight excluding hydrogens is 366 g/mol. The normalized spacial score (nSPS) is 11.4. The van der Waals surface area contributed by atoms with Crippen LogP contribution in [0.25, 0.3) is 10.8 Å². The van der Waals surface area contributed by atoms with Crippen molar-refractivity contribution < 1.29 is 4.79 Å². The van der Waals surface area contributed by atoms with Crippen LogP contribution in [0, 0.1) is 0 Å². The Kier molecular flexibility index (Phi) is 5.41. The molecule has 0 saturated heterocycles. The van der Waals surface area contributed by atoms with E-state index in [1.165, 1.54) is 5.56 Å². The maximum absolute atomic E-state index is 13.7. The molecule has 0 atom stereocenters. The number of amides is 1. The van der Waals surface area contributed by atoms with Gasteiger partial charge in [-0.2, -0.15) is 0 Å². The number of carbonyl (C=O) groups is 1. The van der Waals surface area contributed by atoms with Gasteiger partial charge in [-0.3, -0.25) is 4.79 Å². The van der Waals surface area contributed by atoms with E-state index in [-0.39, 0.29) is 11.3 Å². The molecule has 4 aromatic rings. The maximum Gasteiger partial charge on any atom is 0.258 e.